The van der Waals surface area contributed by atoms with Crippen molar-refractivity contribution in [3.05, 3.63) is 53.9 Å². The van der Waals surface area contributed by atoms with E-state index in [1.165, 1.54) is 81.5 Å². The van der Waals surface area contributed by atoms with Crippen LogP contribution in [-0.2, 0) is 6.54 Å². The summed E-state index contributed by atoms with van der Waals surface area (Å²) in [4.78, 5) is 5.06. The van der Waals surface area contributed by atoms with Gasteiger partial charge in [0.05, 0.1) is 0 Å². The van der Waals surface area contributed by atoms with E-state index in [0.717, 1.165) is 19.0 Å². The lowest BCUT2D eigenvalue weighted by molar-refractivity contribution is 0.304. The molecule has 4 rings (SSSR count). The Hall–Kier alpha value is -1.74. The van der Waals surface area contributed by atoms with Crippen LogP contribution in [0.4, 0.5) is 5.69 Å². The zero-order chi connectivity index (χ0) is 19.2. The second-order valence-corrected chi connectivity index (χ2v) is 8.91. The maximum atomic E-state index is 3.83. The van der Waals surface area contributed by atoms with Crippen molar-refractivity contribution in [2.75, 3.05) is 24.5 Å². The molecule has 1 saturated carbocycles. The van der Waals surface area contributed by atoms with Crippen molar-refractivity contribution in [3.8, 4) is 0 Å². The molecule has 3 heteroatoms. The van der Waals surface area contributed by atoms with Crippen LogP contribution in [0.5, 0.6) is 0 Å². The highest BCUT2D eigenvalue weighted by Crippen LogP contribution is 2.30. The summed E-state index contributed by atoms with van der Waals surface area (Å²) < 4.78 is 0. The van der Waals surface area contributed by atoms with Crippen molar-refractivity contribution in [1.82, 2.24) is 10.2 Å². The van der Waals surface area contributed by atoms with E-state index in [0.29, 0.717) is 6.04 Å². The van der Waals surface area contributed by atoms with E-state index in [-0.39, 0.29) is 0 Å². The summed E-state index contributed by atoms with van der Waals surface area (Å²) in [7, 11) is 0. The van der Waals surface area contributed by atoms with E-state index >= 15 is 0 Å². The van der Waals surface area contributed by atoms with E-state index in [4.69, 9.17) is 0 Å². The zero-order valence-electron chi connectivity index (χ0n) is 17.6. The molecule has 152 valence electrons. The third-order valence-corrected chi connectivity index (χ3v) is 6.71. The molecular weight excluding hydrogens is 342 g/mol. The number of hydrogen-bond acceptors (Lipinski definition) is 3. The van der Waals surface area contributed by atoms with Crippen molar-refractivity contribution < 1.29 is 0 Å². The second-order valence-electron chi connectivity index (χ2n) is 8.91. The summed E-state index contributed by atoms with van der Waals surface area (Å²) in [6.07, 6.45) is 17.9. The molecule has 0 amide bonds. The highest BCUT2D eigenvalue weighted by atomic mass is 15.3. The van der Waals surface area contributed by atoms with E-state index in [2.05, 4.69) is 64.5 Å². The first-order valence-electron chi connectivity index (χ1n) is 11.5. The molecule has 0 radical (unpaired) electrons. The first-order chi connectivity index (χ1) is 13.8. The zero-order valence-corrected chi connectivity index (χ0v) is 17.6. The smallest absolute Gasteiger partial charge is 0.109 e. The van der Waals surface area contributed by atoms with E-state index in [1.54, 1.807) is 0 Å². The molecule has 0 aromatic heterocycles. The Kier molecular flexibility index (Phi) is 6.74. The Labute approximate surface area is 171 Å². The van der Waals surface area contributed by atoms with Gasteiger partial charge in [-0.05, 0) is 49.8 Å². The van der Waals surface area contributed by atoms with Crippen LogP contribution in [0.3, 0.4) is 0 Å². The molecule has 1 N–H and O–H groups in total. The summed E-state index contributed by atoms with van der Waals surface area (Å²) in [6.45, 7) is 6.68. The monoisotopic (exact) mass is 379 g/mol. The molecule has 3 aliphatic rings. The Balaban J connectivity index is 1.41. The van der Waals surface area contributed by atoms with Gasteiger partial charge in [-0.3, -0.25) is 0 Å². The van der Waals surface area contributed by atoms with Crippen molar-refractivity contribution in [3.63, 3.8) is 0 Å². The largest absolute Gasteiger partial charge is 0.358 e. The van der Waals surface area contributed by atoms with Crippen LogP contribution in [-0.4, -0.2) is 30.6 Å². The average molecular weight is 380 g/mol. The third kappa shape index (κ3) is 4.81. The van der Waals surface area contributed by atoms with Crippen LogP contribution in [0.25, 0.3) is 0 Å². The van der Waals surface area contributed by atoms with Gasteiger partial charge in [0.2, 0.25) is 0 Å². The highest BCUT2D eigenvalue weighted by molar-refractivity contribution is 5.59. The molecule has 3 nitrogen and oxygen atoms in total. The van der Waals surface area contributed by atoms with Gasteiger partial charge in [0, 0.05) is 37.9 Å². The average Bonchev–Trinajstić information content (AvgIpc) is 3.28. The van der Waals surface area contributed by atoms with Crippen LogP contribution in [0.15, 0.2) is 48.3 Å². The Morgan fingerprint density at radius 1 is 1.04 bits per heavy atom. The fourth-order valence-corrected chi connectivity index (χ4v) is 5.16. The maximum Gasteiger partial charge on any atom is 0.109 e. The number of anilines is 1. The first-order valence-corrected chi connectivity index (χ1v) is 11.5. The fraction of sp³-hybridized carbons (Fsp3) is 0.600. The molecular formula is C25H37N3. The summed E-state index contributed by atoms with van der Waals surface area (Å²) >= 11 is 0. The van der Waals surface area contributed by atoms with Gasteiger partial charge in [-0.25, -0.2) is 0 Å². The number of para-hydroxylation sites is 1. The standard InChI is InChI=1S/C25H37N3/c1-21(19-22-11-3-2-4-12-22)26-20-23-13-5-6-14-24(23)28-18-8-7-15-25(28)27-16-9-10-17-27/h5-8,13-15,21-22,26H,2-4,9-12,16-20H2,1H3/t21-/m0/s1. The van der Waals surface area contributed by atoms with Gasteiger partial charge in [0.25, 0.3) is 0 Å². The molecule has 1 saturated heterocycles. The first kappa shape index (κ1) is 19.6. The summed E-state index contributed by atoms with van der Waals surface area (Å²) in [5.41, 5.74) is 2.78. The number of likely N-dealkylation sites (tertiary alicyclic amines) is 1. The quantitative estimate of drug-likeness (QED) is 0.680. The highest BCUT2D eigenvalue weighted by Gasteiger charge is 2.23. The number of rotatable bonds is 7. The maximum absolute atomic E-state index is 3.83. The molecule has 1 aromatic rings. The summed E-state index contributed by atoms with van der Waals surface area (Å²) in [5.74, 6) is 2.31. The van der Waals surface area contributed by atoms with Crippen molar-refractivity contribution in [1.29, 1.82) is 0 Å². The molecule has 0 spiro atoms. The molecule has 1 atom stereocenters. The molecule has 0 unspecified atom stereocenters. The van der Waals surface area contributed by atoms with Crippen molar-refractivity contribution >= 4 is 5.69 Å². The molecule has 1 aliphatic carbocycles. The lowest BCUT2D eigenvalue weighted by Gasteiger charge is -2.36. The Morgan fingerprint density at radius 2 is 1.82 bits per heavy atom. The Bertz CT molecular complexity index is 681. The van der Waals surface area contributed by atoms with Crippen LogP contribution in [0.1, 0.15) is 63.9 Å². The molecule has 2 aliphatic heterocycles. The van der Waals surface area contributed by atoms with Gasteiger partial charge in [0.15, 0.2) is 0 Å². The van der Waals surface area contributed by atoms with Crippen LogP contribution < -0.4 is 10.2 Å². The third-order valence-electron chi connectivity index (χ3n) is 6.71. The summed E-state index contributed by atoms with van der Waals surface area (Å²) in [6, 6.07) is 9.56. The Morgan fingerprint density at radius 3 is 2.64 bits per heavy atom. The lowest BCUT2D eigenvalue weighted by atomic mass is 9.85. The molecule has 28 heavy (non-hydrogen) atoms. The normalized spacial score (nSPS) is 21.8. The van der Waals surface area contributed by atoms with Gasteiger partial charge in [0.1, 0.15) is 5.82 Å². The lowest BCUT2D eigenvalue weighted by Crippen LogP contribution is -2.36. The minimum absolute atomic E-state index is 0.589. The van der Waals surface area contributed by atoms with Gasteiger partial charge in [-0.2, -0.15) is 0 Å². The topological polar surface area (TPSA) is 18.5 Å². The number of allylic oxidation sites excluding steroid dienone is 2. The van der Waals surface area contributed by atoms with Gasteiger partial charge < -0.3 is 15.1 Å². The van der Waals surface area contributed by atoms with Gasteiger partial charge in [-0.15, -0.1) is 0 Å². The van der Waals surface area contributed by atoms with Crippen LogP contribution in [0.2, 0.25) is 0 Å². The predicted octanol–water partition coefficient (Wildman–Crippen LogP) is 5.45. The van der Waals surface area contributed by atoms with Crippen molar-refractivity contribution in [2.24, 2.45) is 5.92 Å². The molecule has 1 aromatic carbocycles. The minimum Gasteiger partial charge on any atom is -0.358 e. The van der Waals surface area contributed by atoms with E-state index < -0.39 is 0 Å². The summed E-state index contributed by atoms with van der Waals surface area (Å²) in [5, 5.41) is 3.83. The molecule has 0 bridgehead atoms. The SMILES string of the molecule is C[C@@H](CC1CCCCC1)NCc1ccccc1N1CC=CC=C1N1CCCC1. The van der Waals surface area contributed by atoms with Gasteiger partial charge >= 0.3 is 0 Å². The number of hydrogen-bond donors (Lipinski definition) is 1. The van der Waals surface area contributed by atoms with E-state index in [9.17, 15) is 0 Å². The number of benzene rings is 1. The predicted molar refractivity (Wildman–Crippen MR) is 119 cm³/mol. The second kappa shape index (κ2) is 9.65. The molecule has 2 fully saturated rings. The van der Waals surface area contributed by atoms with Crippen LogP contribution in [0, 0.1) is 5.92 Å². The number of nitrogens with zero attached hydrogens (tertiary/aromatic N) is 2. The fourth-order valence-electron chi connectivity index (χ4n) is 5.16. The number of nitrogens with one attached hydrogen (secondary N) is 1. The van der Waals surface area contributed by atoms with Gasteiger partial charge in [-0.1, -0.05) is 62.5 Å². The minimum atomic E-state index is 0.589. The van der Waals surface area contributed by atoms with E-state index in [1.807, 2.05) is 0 Å². The molecule has 2 heterocycles. The van der Waals surface area contributed by atoms with Crippen LogP contribution >= 0.6 is 0 Å². The van der Waals surface area contributed by atoms with Crippen molar-refractivity contribution in [2.45, 2.75) is 70.9 Å².